The van der Waals surface area contributed by atoms with Crippen molar-refractivity contribution in [1.29, 1.82) is 0 Å². The van der Waals surface area contributed by atoms with Gasteiger partial charge >= 0.3 is 59.3 Å². The molecule has 32 heavy (non-hydrogen) atoms. The highest BCUT2D eigenvalue weighted by molar-refractivity contribution is 5.77. The minimum atomic E-state index is -8.80. The third kappa shape index (κ3) is 3.73. The van der Waals surface area contributed by atoms with Crippen LogP contribution in [-0.4, -0.2) is 69.5 Å². The average molecular weight is 530 g/mol. The zero-order valence-corrected chi connectivity index (χ0v) is 13.6. The van der Waals surface area contributed by atoms with Crippen LogP contribution in [0, 0.1) is 0 Å². The molecule has 0 aliphatic heterocycles. The number of carboxylic acids is 2. The van der Waals surface area contributed by atoms with Crippen LogP contribution in [0.5, 0.6) is 0 Å². The van der Waals surface area contributed by atoms with Crippen molar-refractivity contribution in [3.05, 3.63) is 0 Å². The number of rotatable bonds is 9. The van der Waals surface area contributed by atoms with Gasteiger partial charge in [0, 0.05) is 0 Å². The molecular weight excluding hydrogens is 526 g/mol. The molecule has 22 heteroatoms. The van der Waals surface area contributed by atoms with E-state index in [0.29, 0.717) is 0 Å². The minimum absolute atomic E-state index is 0. The van der Waals surface area contributed by atoms with Crippen molar-refractivity contribution in [2.45, 2.75) is 47.4 Å². The number of aliphatic carboxylic acids is 2. The van der Waals surface area contributed by atoms with Gasteiger partial charge in [0.15, 0.2) is 0 Å². The Morgan fingerprint density at radius 3 is 0.625 bits per heavy atom. The lowest BCUT2D eigenvalue weighted by atomic mass is 9.87. The summed E-state index contributed by atoms with van der Waals surface area (Å²) in [4.78, 5) is 19.7. The van der Waals surface area contributed by atoms with Gasteiger partial charge in [0.25, 0.3) is 0 Å². The van der Waals surface area contributed by atoms with Crippen molar-refractivity contribution in [3.8, 4) is 0 Å². The largest absolute Gasteiger partial charge is 0.477 e. The molecule has 0 aliphatic rings. The number of halogens is 18. The van der Waals surface area contributed by atoms with E-state index in [9.17, 15) is 79.8 Å². The zero-order chi connectivity index (χ0) is 25.2. The molecule has 0 aromatic rings. The summed E-state index contributed by atoms with van der Waals surface area (Å²) in [6.45, 7) is 0. The fourth-order valence-corrected chi connectivity index (χ4v) is 1.45. The summed E-state index contributed by atoms with van der Waals surface area (Å²) in [6.07, 6.45) is 0. The van der Waals surface area contributed by atoms with Crippen LogP contribution in [0.1, 0.15) is 0 Å². The average Bonchev–Trinajstić information content (AvgIpc) is 2.52. The van der Waals surface area contributed by atoms with Gasteiger partial charge in [-0.3, -0.25) is 9.41 Å². The lowest BCUT2D eigenvalue weighted by Crippen LogP contribution is -2.75. The molecule has 2 N–H and O–H groups in total. The molecule has 0 radical (unpaired) electrons. The Morgan fingerprint density at radius 2 is 0.500 bits per heavy atom. The maximum Gasteiger partial charge on any atom is 0.410 e. The normalized spacial score (nSPS) is 14.9. The molecule has 0 aliphatic carbocycles. The third-order valence-corrected chi connectivity index (χ3v) is 3.30. The highest BCUT2D eigenvalue weighted by Gasteiger charge is 2.96. The molecule has 0 aromatic heterocycles. The predicted molar refractivity (Wildman–Crippen MR) is 59.9 cm³/mol. The third-order valence-electron chi connectivity index (χ3n) is 3.30. The van der Waals surface area contributed by atoms with Gasteiger partial charge in [-0.2, -0.15) is 70.2 Å². The van der Waals surface area contributed by atoms with E-state index >= 15 is 0 Å². The summed E-state index contributed by atoms with van der Waals surface area (Å²) >= 11 is 0. The molecule has 0 amide bonds. The smallest absolute Gasteiger partial charge is 0.410 e. The highest BCUT2D eigenvalue weighted by atomic mass is 19.4. The first kappa shape index (κ1) is 34.3. The van der Waals surface area contributed by atoms with Crippen LogP contribution in [-0.2, 0) is 9.59 Å². The number of alkyl halides is 16. The van der Waals surface area contributed by atoms with Gasteiger partial charge in [0.1, 0.15) is 0 Å². The van der Waals surface area contributed by atoms with Gasteiger partial charge in [0.05, 0.1) is 0 Å². The Hall–Kier alpha value is -2.32. The van der Waals surface area contributed by atoms with Crippen LogP contribution in [0.3, 0.4) is 0 Å². The van der Waals surface area contributed by atoms with Gasteiger partial charge in [-0.15, -0.1) is 0 Å². The first-order valence-electron chi connectivity index (χ1n) is 6.13. The van der Waals surface area contributed by atoms with Gasteiger partial charge in [-0.05, 0) is 0 Å². The fourth-order valence-electron chi connectivity index (χ4n) is 1.45. The van der Waals surface area contributed by atoms with E-state index < -0.39 is 59.3 Å². The molecule has 0 spiro atoms. The Labute approximate surface area is 160 Å². The van der Waals surface area contributed by atoms with E-state index in [1.54, 1.807) is 0 Å². The molecule has 0 saturated carbocycles. The molecule has 4 nitrogen and oxygen atoms in total. The number of hydrogen-bond donors (Lipinski definition) is 2. The quantitative estimate of drug-likeness (QED) is 0.430. The second-order valence-electron chi connectivity index (χ2n) is 5.21. The topological polar surface area (TPSA) is 74.6 Å². The second kappa shape index (κ2) is 8.23. The molecule has 0 heterocycles. The summed E-state index contributed by atoms with van der Waals surface area (Å²) in [5.74, 6) is -74.9. The molecule has 0 fully saturated rings. The molecular formula is C10H4F18O4. The SMILES string of the molecule is F.F.O=C(O)C(F)(F)C(F)(F)C(F)(F)C(F)(F)C(F)(F)C(F)(F)C(F)(F)C(F)(F)C(=O)O. The summed E-state index contributed by atoms with van der Waals surface area (Å²) in [6, 6.07) is 0. The summed E-state index contributed by atoms with van der Waals surface area (Å²) in [5.41, 5.74) is 0. The lowest BCUT2D eigenvalue weighted by molar-refractivity contribution is -0.448. The molecule has 0 saturated heterocycles. The van der Waals surface area contributed by atoms with Crippen LogP contribution in [0.4, 0.5) is 79.7 Å². The summed E-state index contributed by atoms with van der Waals surface area (Å²) in [7, 11) is 0. The van der Waals surface area contributed by atoms with E-state index in [1.165, 1.54) is 0 Å². The van der Waals surface area contributed by atoms with Crippen molar-refractivity contribution in [1.82, 2.24) is 0 Å². The van der Waals surface area contributed by atoms with Gasteiger partial charge < -0.3 is 10.2 Å². The lowest BCUT2D eigenvalue weighted by Gasteiger charge is -2.42. The van der Waals surface area contributed by atoms with Crippen molar-refractivity contribution in [3.63, 3.8) is 0 Å². The number of carboxylic acid groups (broad SMARTS) is 2. The van der Waals surface area contributed by atoms with Crippen molar-refractivity contribution >= 4 is 11.9 Å². The van der Waals surface area contributed by atoms with Gasteiger partial charge in [-0.1, -0.05) is 0 Å². The maximum atomic E-state index is 13.2. The van der Waals surface area contributed by atoms with Crippen molar-refractivity contribution in [2.24, 2.45) is 0 Å². The van der Waals surface area contributed by atoms with E-state index in [0.717, 1.165) is 0 Å². The molecule has 0 bridgehead atoms. The Morgan fingerprint density at radius 1 is 0.375 bits per heavy atom. The standard InChI is InChI=1S/C10H2F16O4.2FH/c11-3(12,1(27)28)5(15,16)7(19,20)9(23,24)10(25,26)8(21,22)6(17,18)4(13,14)2(29)30;;/h(H,27,28)(H,29,30);2*1H. The van der Waals surface area contributed by atoms with Crippen LogP contribution in [0.25, 0.3) is 0 Å². The molecule has 0 atom stereocenters. The first-order chi connectivity index (χ1) is 12.6. The first-order valence-corrected chi connectivity index (χ1v) is 6.13. The number of carbonyl (C=O) groups is 2. The van der Waals surface area contributed by atoms with E-state index in [1.807, 2.05) is 0 Å². The zero-order valence-electron chi connectivity index (χ0n) is 13.6. The van der Waals surface area contributed by atoms with Crippen LogP contribution in [0.15, 0.2) is 0 Å². The summed E-state index contributed by atoms with van der Waals surface area (Å²) < 4.78 is 207. The molecule has 0 aromatic carbocycles. The molecule has 0 rings (SSSR count). The monoisotopic (exact) mass is 530 g/mol. The fraction of sp³-hybridized carbons (Fsp3) is 0.800. The Bertz CT molecular complexity index is 653. The second-order valence-corrected chi connectivity index (χ2v) is 5.21. The summed E-state index contributed by atoms with van der Waals surface area (Å²) in [5, 5.41) is 15.3. The minimum Gasteiger partial charge on any atom is -0.477 e. The van der Waals surface area contributed by atoms with Crippen molar-refractivity contribution in [2.75, 3.05) is 0 Å². The molecule has 0 unspecified atom stereocenters. The van der Waals surface area contributed by atoms with E-state index in [4.69, 9.17) is 10.2 Å². The number of hydrogen-bond acceptors (Lipinski definition) is 2. The molecule has 194 valence electrons. The Kier molecular flexibility index (Phi) is 8.82. The maximum absolute atomic E-state index is 13.2. The van der Waals surface area contributed by atoms with Crippen LogP contribution >= 0.6 is 0 Å². The van der Waals surface area contributed by atoms with E-state index in [-0.39, 0.29) is 9.41 Å². The predicted octanol–water partition coefficient (Wildman–Crippen LogP) is 4.54. The van der Waals surface area contributed by atoms with Gasteiger partial charge in [0.2, 0.25) is 0 Å². The Balaban J connectivity index is -0.00000420. The van der Waals surface area contributed by atoms with Crippen LogP contribution < -0.4 is 0 Å². The van der Waals surface area contributed by atoms with Crippen molar-refractivity contribution < 1.29 is 99.5 Å². The van der Waals surface area contributed by atoms with E-state index in [2.05, 4.69) is 0 Å². The highest BCUT2D eigenvalue weighted by Crippen LogP contribution is 2.63. The van der Waals surface area contributed by atoms with Crippen LogP contribution in [0.2, 0.25) is 0 Å². The van der Waals surface area contributed by atoms with Gasteiger partial charge in [-0.25, -0.2) is 9.59 Å².